The van der Waals surface area contributed by atoms with Crippen molar-refractivity contribution in [3.63, 3.8) is 0 Å². The largest absolute Gasteiger partial charge is 0.326 e. The van der Waals surface area contributed by atoms with E-state index in [4.69, 9.17) is 16.9 Å². The summed E-state index contributed by atoms with van der Waals surface area (Å²) in [5, 5.41) is 14.6. The van der Waals surface area contributed by atoms with Gasteiger partial charge in [-0.05, 0) is 54.1 Å². The van der Waals surface area contributed by atoms with Crippen LogP contribution in [0.2, 0.25) is 5.02 Å². The minimum Gasteiger partial charge on any atom is -0.326 e. The van der Waals surface area contributed by atoms with Gasteiger partial charge in [-0.2, -0.15) is 9.57 Å². The molecule has 3 aromatic rings. The maximum atomic E-state index is 13.4. The molecular weight excluding hydrogens is 476 g/mol. The van der Waals surface area contributed by atoms with Crippen LogP contribution in [0, 0.1) is 11.3 Å². The van der Waals surface area contributed by atoms with Gasteiger partial charge >= 0.3 is 0 Å². The Hall–Kier alpha value is -3.71. The van der Waals surface area contributed by atoms with Crippen LogP contribution in [0.4, 0.5) is 11.4 Å². The van der Waals surface area contributed by atoms with E-state index in [1.807, 2.05) is 6.07 Å². The SMILES string of the molecule is CC(=O)Nc1ccc(S(=O)(=O)N(CC(=O)Nc2cccc(C#N)c2)Cc2ccccc2Cl)cc1. The van der Waals surface area contributed by atoms with Gasteiger partial charge in [0, 0.05) is 29.9 Å². The number of nitriles is 1. The second kappa shape index (κ2) is 10.9. The molecule has 0 fully saturated rings. The molecule has 0 spiro atoms. The quantitative estimate of drug-likeness (QED) is 0.488. The van der Waals surface area contributed by atoms with Crippen molar-refractivity contribution >= 4 is 44.8 Å². The molecule has 0 saturated heterocycles. The molecule has 3 rings (SSSR count). The highest BCUT2D eigenvalue weighted by molar-refractivity contribution is 7.89. The summed E-state index contributed by atoms with van der Waals surface area (Å²) < 4.78 is 27.9. The molecule has 2 amide bonds. The van der Waals surface area contributed by atoms with Crippen molar-refractivity contribution in [2.45, 2.75) is 18.4 Å². The number of nitrogens with zero attached hydrogens (tertiary/aromatic N) is 2. The lowest BCUT2D eigenvalue weighted by atomic mass is 10.2. The molecule has 10 heteroatoms. The summed E-state index contributed by atoms with van der Waals surface area (Å²) in [6, 6.07) is 20.7. The minimum atomic E-state index is -4.11. The monoisotopic (exact) mass is 496 g/mol. The number of hydrogen-bond donors (Lipinski definition) is 2. The Morgan fingerprint density at radius 2 is 1.68 bits per heavy atom. The van der Waals surface area contributed by atoms with Gasteiger partial charge in [0.1, 0.15) is 0 Å². The zero-order valence-electron chi connectivity index (χ0n) is 18.2. The number of carbonyl (C=O) groups excluding carboxylic acids is 2. The van der Waals surface area contributed by atoms with Crippen LogP contribution in [0.15, 0.2) is 77.7 Å². The molecule has 8 nitrogen and oxygen atoms in total. The van der Waals surface area contributed by atoms with Crippen molar-refractivity contribution in [2.75, 3.05) is 17.2 Å². The van der Waals surface area contributed by atoms with Crippen LogP contribution in [0.5, 0.6) is 0 Å². The molecule has 0 saturated carbocycles. The van der Waals surface area contributed by atoms with E-state index in [2.05, 4.69) is 10.6 Å². The molecule has 2 N–H and O–H groups in total. The predicted octanol–water partition coefficient (Wildman–Crippen LogP) is 4.00. The first kappa shape index (κ1) is 24.9. The molecule has 0 atom stereocenters. The second-order valence-corrected chi connectivity index (χ2v) is 9.66. The van der Waals surface area contributed by atoms with E-state index in [1.54, 1.807) is 42.5 Å². The Kier molecular flexibility index (Phi) is 8.02. The smallest absolute Gasteiger partial charge is 0.243 e. The van der Waals surface area contributed by atoms with Gasteiger partial charge in [0.15, 0.2) is 0 Å². The van der Waals surface area contributed by atoms with Crippen LogP contribution in [0.3, 0.4) is 0 Å². The number of anilines is 2. The summed E-state index contributed by atoms with van der Waals surface area (Å²) >= 11 is 6.24. The van der Waals surface area contributed by atoms with Gasteiger partial charge in [0.25, 0.3) is 0 Å². The molecule has 3 aromatic carbocycles. The first-order valence-electron chi connectivity index (χ1n) is 10.1. The Morgan fingerprint density at radius 3 is 2.32 bits per heavy atom. The average molecular weight is 497 g/mol. The zero-order valence-corrected chi connectivity index (χ0v) is 19.7. The van der Waals surface area contributed by atoms with Crippen LogP contribution >= 0.6 is 11.6 Å². The van der Waals surface area contributed by atoms with Crippen molar-refractivity contribution in [3.8, 4) is 6.07 Å². The topological polar surface area (TPSA) is 119 Å². The van der Waals surface area contributed by atoms with Crippen LogP contribution in [0.1, 0.15) is 18.1 Å². The fraction of sp³-hybridized carbons (Fsp3) is 0.125. The van der Waals surface area contributed by atoms with E-state index in [9.17, 15) is 18.0 Å². The molecule has 0 aliphatic rings. The fourth-order valence-electron chi connectivity index (χ4n) is 3.13. The van der Waals surface area contributed by atoms with E-state index in [0.29, 0.717) is 27.5 Å². The maximum Gasteiger partial charge on any atom is 0.243 e. The molecule has 0 aromatic heterocycles. The molecule has 0 radical (unpaired) electrons. The van der Waals surface area contributed by atoms with Gasteiger partial charge < -0.3 is 10.6 Å². The summed E-state index contributed by atoms with van der Waals surface area (Å²) in [5.74, 6) is -0.867. The second-order valence-electron chi connectivity index (χ2n) is 7.31. The van der Waals surface area contributed by atoms with Crippen molar-refractivity contribution in [1.82, 2.24) is 4.31 Å². The van der Waals surface area contributed by atoms with E-state index in [0.717, 1.165) is 4.31 Å². The Bertz CT molecular complexity index is 1350. The Balaban J connectivity index is 1.89. The number of sulfonamides is 1. The molecular formula is C24H21ClN4O4S. The molecule has 0 bridgehead atoms. The summed E-state index contributed by atoms with van der Waals surface area (Å²) in [5.41, 5.74) is 1.71. The summed E-state index contributed by atoms with van der Waals surface area (Å²) in [6.07, 6.45) is 0. The van der Waals surface area contributed by atoms with Crippen LogP contribution in [-0.4, -0.2) is 31.1 Å². The normalized spacial score (nSPS) is 11.0. The van der Waals surface area contributed by atoms with Gasteiger partial charge in [-0.15, -0.1) is 0 Å². The summed E-state index contributed by atoms with van der Waals surface area (Å²) in [7, 11) is -4.11. The lowest BCUT2D eigenvalue weighted by Gasteiger charge is -2.22. The third-order valence-corrected chi connectivity index (χ3v) is 6.89. The number of benzene rings is 3. The molecule has 174 valence electrons. The van der Waals surface area contributed by atoms with Crippen molar-refractivity contribution < 1.29 is 18.0 Å². The van der Waals surface area contributed by atoms with E-state index >= 15 is 0 Å². The van der Waals surface area contributed by atoms with Gasteiger partial charge in [-0.1, -0.05) is 35.9 Å². The first-order chi connectivity index (χ1) is 16.2. The number of nitrogens with one attached hydrogen (secondary N) is 2. The number of carbonyl (C=O) groups is 2. The molecule has 0 aliphatic heterocycles. The van der Waals surface area contributed by atoms with Crippen molar-refractivity contribution in [2.24, 2.45) is 0 Å². The van der Waals surface area contributed by atoms with Crippen molar-refractivity contribution in [1.29, 1.82) is 5.26 Å². The molecule has 0 heterocycles. The highest BCUT2D eigenvalue weighted by Gasteiger charge is 2.27. The average Bonchev–Trinajstić information content (AvgIpc) is 2.80. The first-order valence-corrected chi connectivity index (χ1v) is 11.9. The van der Waals surface area contributed by atoms with Gasteiger partial charge in [0.05, 0.1) is 23.1 Å². The summed E-state index contributed by atoms with van der Waals surface area (Å²) in [6.45, 7) is 0.722. The standard InChI is InChI=1S/C24H21ClN4O4S/c1-17(30)27-20-9-11-22(12-10-20)34(32,33)29(15-19-6-2-3-8-23(19)25)16-24(31)28-21-7-4-5-18(13-21)14-26/h2-13H,15-16H2,1H3,(H,27,30)(H,28,31). The van der Waals surface area contributed by atoms with Gasteiger partial charge in [-0.3, -0.25) is 9.59 Å². The van der Waals surface area contributed by atoms with Crippen LogP contribution in [0.25, 0.3) is 0 Å². The predicted molar refractivity (Wildman–Crippen MR) is 130 cm³/mol. The number of rotatable bonds is 8. The highest BCUT2D eigenvalue weighted by atomic mass is 35.5. The third kappa shape index (κ3) is 6.42. The van der Waals surface area contributed by atoms with E-state index < -0.39 is 22.5 Å². The number of halogens is 1. The zero-order chi connectivity index (χ0) is 24.7. The lowest BCUT2D eigenvalue weighted by Crippen LogP contribution is -2.37. The Labute approximate surface area is 202 Å². The fourth-order valence-corrected chi connectivity index (χ4v) is 4.70. The minimum absolute atomic E-state index is 0.0482. The highest BCUT2D eigenvalue weighted by Crippen LogP contribution is 2.24. The molecule has 0 unspecified atom stereocenters. The van der Waals surface area contributed by atoms with Crippen molar-refractivity contribution in [3.05, 3.63) is 88.9 Å². The van der Waals surface area contributed by atoms with Gasteiger partial charge in [-0.25, -0.2) is 8.42 Å². The number of amides is 2. The van der Waals surface area contributed by atoms with Crippen LogP contribution < -0.4 is 10.6 Å². The molecule has 34 heavy (non-hydrogen) atoms. The summed E-state index contributed by atoms with van der Waals surface area (Å²) in [4.78, 5) is 24.0. The third-order valence-electron chi connectivity index (χ3n) is 4.71. The number of hydrogen-bond acceptors (Lipinski definition) is 5. The maximum absolute atomic E-state index is 13.4. The van der Waals surface area contributed by atoms with E-state index in [1.165, 1.54) is 37.3 Å². The lowest BCUT2D eigenvalue weighted by molar-refractivity contribution is -0.116. The van der Waals surface area contributed by atoms with Gasteiger partial charge in [0.2, 0.25) is 21.8 Å². The molecule has 0 aliphatic carbocycles. The van der Waals surface area contributed by atoms with E-state index in [-0.39, 0.29) is 17.3 Å². The Morgan fingerprint density at radius 1 is 0.971 bits per heavy atom. The van der Waals surface area contributed by atoms with Crippen LogP contribution in [-0.2, 0) is 26.2 Å².